The Hall–Kier alpha value is -2.53. The van der Waals surface area contributed by atoms with Gasteiger partial charge in [0, 0.05) is 23.2 Å². The SMILES string of the molecule is C[C@]1(O)C2=NCCc3cc4c(c(c32)-c2ccc(O)cc21)OCO4. The van der Waals surface area contributed by atoms with Gasteiger partial charge in [-0.2, -0.15) is 0 Å². The van der Waals surface area contributed by atoms with E-state index in [-0.39, 0.29) is 12.5 Å². The monoisotopic (exact) mass is 309 g/mol. The third kappa shape index (κ3) is 1.52. The van der Waals surface area contributed by atoms with E-state index in [4.69, 9.17) is 9.47 Å². The lowest BCUT2D eigenvalue weighted by atomic mass is 9.72. The molecule has 23 heavy (non-hydrogen) atoms. The molecule has 0 saturated carbocycles. The number of ether oxygens (including phenoxy) is 2. The van der Waals surface area contributed by atoms with Gasteiger partial charge >= 0.3 is 0 Å². The van der Waals surface area contributed by atoms with Gasteiger partial charge in [-0.1, -0.05) is 6.07 Å². The van der Waals surface area contributed by atoms with Crippen LogP contribution in [0, 0.1) is 0 Å². The number of aliphatic imine (C=N–C) groups is 1. The highest BCUT2D eigenvalue weighted by atomic mass is 16.7. The van der Waals surface area contributed by atoms with E-state index in [1.807, 2.05) is 12.1 Å². The first kappa shape index (κ1) is 13.0. The number of nitrogens with zero attached hydrogens (tertiary/aromatic N) is 1. The molecule has 2 aromatic carbocycles. The van der Waals surface area contributed by atoms with Crippen LogP contribution >= 0.6 is 0 Å². The molecular weight excluding hydrogens is 294 g/mol. The van der Waals surface area contributed by atoms with E-state index in [1.54, 1.807) is 19.1 Å². The minimum Gasteiger partial charge on any atom is -0.508 e. The Bertz CT molecular complexity index is 898. The molecular formula is C18H15NO4. The number of phenols is 1. The van der Waals surface area contributed by atoms with E-state index in [1.165, 1.54) is 0 Å². The molecule has 2 aromatic rings. The standard InChI is InChI=1S/C18H15NO4/c1-18(21)12-7-10(20)2-3-11(12)15-14-9(4-5-19-17(14)18)6-13-16(15)23-8-22-13/h2-3,6-7,20-21H,4-5,8H2,1H3/t18-/m1/s1. The first-order chi connectivity index (χ1) is 11.1. The molecule has 5 rings (SSSR count). The summed E-state index contributed by atoms with van der Waals surface area (Å²) >= 11 is 0. The second-order valence-electron chi connectivity index (χ2n) is 6.30. The Morgan fingerprint density at radius 3 is 2.91 bits per heavy atom. The molecule has 0 saturated heterocycles. The molecule has 0 radical (unpaired) electrons. The highest BCUT2D eigenvalue weighted by Gasteiger charge is 2.44. The van der Waals surface area contributed by atoms with Crippen LogP contribution in [0.4, 0.5) is 0 Å². The van der Waals surface area contributed by atoms with Crippen LogP contribution < -0.4 is 9.47 Å². The van der Waals surface area contributed by atoms with Crippen molar-refractivity contribution in [3.8, 4) is 28.4 Å². The van der Waals surface area contributed by atoms with Gasteiger partial charge in [-0.25, -0.2) is 0 Å². The van der Waals surface area contributed by atoms with Crippen LogP contribution in [-0.4, -0.2) is 29.3 Å². The summed E-state index contributed by atoms with van der Waals surface area (Å²) in [7, 11) is 0. The Kier molecular flexibility index (Phi) is 2.29. The van der Waals surface area contributed by atoms with Gasteiger partial charge < -0.3 is 19.7 Å². The Labute approximate surface area is 132 Å². The minimum absolute atomic E-state index is 0.119. The summed E-state index contributed by atoms with van der Waals surface area (Å²) in [6.45, 7) is 2.56. The number of benzene rings is 2. The number of hydrogen-bond donors (Lipinski definition) is 2. The maximum atomic E-state index is 11.2. The van der Waals surface area contributed by atoms with Crippen LogP contribution in [0.1, 0.15) is 23.6 Å². The number of phenolic OH excluding ortho intramolecular Hbond substituents is 1. The Morgan fingerprint density at radius 2 is 2.04 bits per heavy atom. The third-order valence-corrected chi connectivity index (χ3v) is 4.89. The fourth-order valence-corrected chi connectivity index (χ4v) is 3.87. The Balaban J connectivity index is 1.96. The topological polar surface area (TPSA) is 71.3 Å². The third-order valence-electron chi connectivity index (χ3n) is 4.89. The van der Waals surface area contributed by atoms with Crippen LogP contribution in [0.2, 0.25) is 0 Å². The molecule has 1 aliphatic carbocycles. The molecule has 2 heterocycles. The molecule has 2 aliphatic heterocycles. The second kappa shape index (κ2) is 4.06. The van der Waals surface area contributed by atoms with Crippen molar-refractivity contribution in [1.82, 2.24) is 0 Å². The van der Waals surface area contributed by atoms with Gasteiger partial charge in [-0.15, -0.1) is 0 Å². The van der Waals surface area contributed by atoms with Gasteiger partial charge in [0.2, 0.25) is 6.79 Å². The molecule has 0 unspecified atom stereocenters. The highest BCUT2D eigenvalue weighted by Crippen LogP contribution is 2.53. The van der Waals surface area contributed by atoms with Crippen molar-refractivity contribution >= 4 is 5.71 Å². The van der Waals surface area contributed by atoms with Gasteiger partial charge in [0.15, 0.2) is 11.5 Å². The number of aliphatic hydroxyl groups is 1. The summed E-state index contributed by atoms with van der Waals surface area (Å²) in [5, 5.41) is 21.0. The largest absolute Gasteiger partial charge is 0.508 e. The zero-order chi connectivity index (χ0) is 15.8. The van der Waals surface area contributed by atoms with Crippen molar-refractivity contribution in [3.63, 3.8) is 0 Å². The first-order valence-electron chi connectivity index (χ1n) is 7.64. The van der Waals surface area contributed by atoms with Crippen LogP contribution in [0.25, 0.3) is 11.1 Å². The molecule has 0 fully saturated rings. The number of rotatable bonds is 0. The quantitative estimate of drug-likeness (QED) is 0.783. The van der Waals surface area contributed by atoms with E-state index in [0.717, 1.165) is 34.4 Å². The average Bonchev–Trinajstić information content (AvgIpc) is 2.99. The molecule has 2 N–H and O–H groups in total. The van der Waals surface area contributed by atoms with E-state index < -0.39 is 5.60 Å². The number of fused-ring (bicyclic) bond motifs is 4. The summed E-state index contributed by atoms with van der Waals surface area (Å²) in [4.78, 5) is 4.60. The van der Waals surface area contributed by atoms with Crippen LogP contribution in [0.5, 0.6) is 17.2 Å². The zero-order valence-electron chi connectivity index (χ0n) is 12.6. The van der Waals surface area contributed by atoms with Crippen molar-refractivity contribution in [2.75, 3.05) is 13.3 Å². The van der Waals surface area contributed by atoms with Crippen molar-refractivity contribution in [3.05, 3.63) is 41.0 Å². The number of aromatic hydroxyl groups is 1. The molecule has 5 nitrogen and oxygen atoms in total. The van der Waals surface area contributed by atoms with Crippen molar-refractivity contribution in [2.24, 2.45) is 4.99 Å². The zero-order valence-corrected chi connectivity index (χ0v) is 12.6. The molecule has 5 heteroatoms. The second-order valence-corrected chi connectivity index (χ2v) is 6.30. The fourth-order valence-electron chi connectivity index (χ4n) is 3.87. The summed E-state index contributed by atoms with van der Waals surface area (Å²) in [6.07, 6.45) is 0.811. The molecule has 1 atom stereocenters. The Morgan fingerprint density at radius 1 is 1.17 bits per heavy atom. The maximum Gasteiger partial charge on any atom is 0.231 e. The highest BCUT2D eigenvalue weighted by molar-refractivity contribution is 6.17. The van der Waals surface area contributed by atoms with Crippen molar-refractivity contribution < 1.29 is 19.7 Å². The molecule has 3 aliphatic rings. The fraction of sp³-hybridized carbons (Fsp3) is 0.278. The predicted octanol–water partition coefficient (Wildman–Crippen LogP) is 2.35. The van der Waals surface area contributed by atoms with Gasteiger partial charge in [-0.3, -0.25) is 4.99 Å². The van der Waals surface area contributed by atoms with Crippen LogP contribution in [0.3, 0.4) is 0 Å². The molecule has 0 aromatic heterocycles. The lowest BCUT2D eigenvalue weighted by Gasteiger charge is -2.37. The average molecular weight is 309 g/mol. The summed E-state index contributed by atoms with van der Waals surface area (Å²) in [5.74, 6) is 1.55. The van der Waals surface area contributed by atoms with E-state index in [2.05, 4.69) is 4.99 Å². The minimum atomic E-state index is -1.25. The normalized spacial score (nSPS) is 23.1. The molecule has 0 bridgehead atoms. The lowest BCUT2D eigenvalue weighted by Crippen LogP contribution is -2.39. The maximum absolute atomic E-state index is 11.2. The molecule has 116 valence electrons. The van der Waals surface area contributed by atoms with E-state index in [0.29, 0.717) is 23.6 Å². The molecule has 0 amide bonds. The van der Waals surface area contributed by atoms with Gasteiger partial charge in [0.05, 0.1) is 5.71 Å². The number of hydrogen-bond acceptors (Lipinski definition) is 5. The lowest BCUT2D eigenvalue weighted by molar-refractivity contribution is 0.132. The van der Waals surface area contributed by atoms with Gasteiger partial charge in [0.25, 0.3) is 0 Å². The van der Waals surface area contributed by atoms with Crippen LogP contribution in [-0.2, 0) is 12.0 Å². The van der Waals surface area contributed by atoms with Crippen LogP contribution in [0.15, 0.2) is 29.3 Å². The molecule has 0 spiro atoms. The summed E-state index contributed by atoms with van der Waals surface area (Å²) < 4.78 is 11.3. The van der Waals surface area contributed by atoms with Crippen molar-refractivity contribution in [2.45, 2.75) is 18.9 Å². The summed E-state index contributed by atoms with van der Waals surface area (Å²) in [6, 6.07) is 7.05. The van der Waals surface area contributed by atoms with Gasteiger partial charge in [0.1, 0.15) is 11.4 Å². The summed E-state index contributed by atoms with van der Waals surface area (Å²) in [5.41, 5.74) is 3.87. The first-order valence-corrected chi connectivity index (χ1v) is 7.64. The van der Waals surface area contributed by atoms with E-state index in [9.17, 15) is 10.2 Å². The van der Waals surface area contributed by atoms with E-state index >= 15 is 0 Å². The smallest absolute Gasteiger partial charge is 0.231 e. The predicted molar refractivity (Wildman–Crippen MR) is 84.3 cm³/mol. The van der Waals surface area contributed by atoms with Gasteiger partial charge in [-0.05, 0) is 42.7 Å². The van der Waals surface area contributed by atoms with Crippen molar-refractivity contribution in [1.29, 1.82) is 0 Å².